The lowest BCUT2D eigenvalue weighted by Gasteiger charge is -2.16. The second kappa shape index (κ2) is 6.80. The number of nitrogens with one attached hydrogen (secondary N) is 1. The zero-order valence-electron chi connectivity index (χ0n) is 9.93. The molecule has 18 heavy (non-hydrogen) atoms. The molecule has 7 nitrogen and oxygen atoms in total. The fraction of sp³-hybridized carbons (Fsp3) is 0.750. The number of nitrogens with zero attached hydrogens (tertiary/aromatic N) is 3. The molecule has 1 aromatic heterocycles. The van der Waals surface area contributed by atoms with Gasteiger partial charge in [0.05, 0.1) is 6.61 Å². The van der Waals surface area contributed by atoms with Crippen molar-refractivity contribution in [2.45, 2.75) is 17.5 Å². The Bertz CT molecular complexity index is 467. The first-order valence-corrected chi connectivity index (χ1v) is 7.86. The third-order valence-electron chi connectivity index (χ3n) is 2.14. The predicted molar refractivity (Wildman–Crippen MR) is 70.0 cm³/mol. The molecule has 1 rings (SSSR count). The van der Waals surface area contributed by atoms with E-state index in [1.807, 2.05) is 0 Å². The van der Waals surface area contributed by atoms with Gasteiger partial charge in [0.1, 0.15) is 0 Å². The van der Waals surface area contributed by atoms with E-state index in [1.165, 1.54) is 18.8 Å². The number of rotatable bonds is 7. The van der Waals surface area contributed by atoms with Gasteiger partial charge in [-0.2, -0.15) is 0 Å². The Hall–Kier alpha value is -0.220. The summed E-state index contributed by atoms with van der Waals surface area (Å²) in [5, 5.41) is 7.23. The summed E-state index contributed by atoms with van der Waals surface area (Å²) in [6.07, 6.45) is 0.470. The van der Waals surface area contributed by atoms with Crippen molar-refractivity contribution in [3.8, 4) is 0 Å². The van der Waals surface area contributed by atoms with Crippen molar-refractivity contribution in [2.75, 3.05) is 19.6 Å². The van der Waals surface area contributed by atoms with Gasteiger partial charge in [-0.1, -0.05) is 5.21 Å². The highest BCUT2D eigenvalue weighted by Gasteiger charge is 2.26. The number of alkyl halides is 1. The molecular formula is C8H14BrClN4O3S. The second-order valence-electron chi connectivity index (χ2n) is 3.56. The lowest BCUT2D eigenvalue weighted by atomic mass is 10.3. The number of methoxy groups -OCH3 is 1. The number of hydrogen-bond acceptors (Lipinski definition) is 5. The third kappa shape index (κ3) is 3.89. The van der Waals surface area contributed by atoms with Crippen LogP contribution in [0.25, 0.3) is 0 Å². The minimum absolute atomic E-state index is 0.0295. The Balaban J connectivity index is 2.93. The molecule has 0 aliphatic heterocycles. The van der Waals surface area contributed by atoms with E-state index in [0.717, 1.165) is 0 Å². The molecule has 1 atom stereocenters. The number of aryl methyl sites for hydroxylation is 1. The van der Waals surface area contributed by atoms with Gasteiger partial charge < -0.3 is 4.74 Å². The maximum absolute atomic E-state index is 12.2. The highest BCUT2D eigenvalue weighted by Crippen LogP contribution is 2.18. The highest BCUT2D eigenvalue weighted by atomic mass is 79.9. The van der Waals surface area contributed by atoms with Gasteiger partial charge in [0, 0.05) is 26.1 Å². The Morgan fingerprint density at radius 3 is 2.72 bits per heavy atom. The molecular weight excluding hydrogens is 348 g/mol. The Labute approximate surface area is 119 Å². The molecule has 1 N–H and O–H groups in total. The average molecular weight is 362 g/mol. The van der Waals surface area contributed by atoms with Crippen LogP contribution in [0.3, 0.4) is 0 Å². The molecule has 1 heterocycles. The molecule has 0 fully saturated rings. The summed E-state index contributed by atoms with van der Waals surface area (Å²) < 4.78 is 33.1. The molecule has 0 aliphatic rings. The average Bonchev–Trinajstić information content (AvgIpc) is 2.59. The molecule has 0 bridgehead atoms. The smallest absolute Gasteiger partial charge is 0.260 e. The quantitative estimate of drug-likeness (QED) is 0.715. The zero-order valence-corrected chi connectivity index (χ0v) is 13.1. The summed E-state index contributed by atoms with van der Waals surface area (Å²) in [6.45, 7) is 0.245. The normalized spacial score (nSPS) is 13.8. The van der Waals surface area contributed by atoms with Crippen LogP contribution < -0.4 is 4.72 Å². The van der Waals surface area contributed by atoms with Crippen LogP contribution in [-0.2, 0) is 21.8 Å². The van der Waals surface area contributed by atoms with Gasteiger partial charge in [-0.25, -0.2) is 17.8 Å². The lowest BCUT2D eigenvalue weighted by molar-refractivity contribution is 0.173. The van der Waals surface area contributed by atoms with Crippen molar-refractivity contribution < 1.29 is 13.2 Å². The lowest BCUT2D eigenvalue weighted by Crippen LogP contribution is -2.39. The largest absolute Gasteiger partial charge is 0.383 e. The maximum atomic E-state index is 12.2. The first-order chi connectivity index (χ1) is 8.42. The van der Waals surface area contributed by atoms with E-state index in [-0.39, 0.29) is 22.3 Å². The van der Waals surface area contributed by atoms with Gasteiger partial charge in [0.15, 0.2) is 4.60 Å². The van der Waals surface area contributed by atoms with E-state index in [0.29, 0.717) is 12.3 Å². The number of hydrogen-bond donors (Lipinski definition) is 1. The van der Waals surface area contributed by atoms with Crippen molar-refractivity contribution in [3.63, 3.8) is 0 Å². The van der Waals surface area contributed by atoms with E-state index in [1.54, 1.807) is 0 Å². The molecule has 0 aromatic carbocycles. The molecule has 0 amide bonds. The van der Waals surface area contributed by atoms with Crippen LogP contribution in [0.15, 0.2) is 9.63 Å². The van der Waals surface area contributed by atoms with Crippen LogP contribution in [0.5, 0.6) is 0 Å². The molecule has 0 spiro atoms. The molecule has 0 saturated heterocycles. The maximum Gasteiger partial charge on any atom is 0.260 e. The fourth-order valence-corrected chi connectivity index (χ4v) is 4.01. The van der Waals surface area contributed by atoms with E-state index in [9.17, 15) is 8.42 Å². The van der Waals surface area contributed by atoms with Crippen LogP contribution in [0.1, 0.15) is 6.42 Å². The van der Waals surface area contributed by atoms with Gasteiger partial charge in [-0.05, 0) is 22.4 Å². The molecule has 1 aromatic rings. The second-order valence-corrected chi connectivity index (χ2v) is 6.32. The molecule has 1 unspecified atom stereocenters. The van der Waals surface area contributed by atoms with Crippen LogP contribution in [0.2, 0.25) is 0 Å². The standard InChI is InChI=1S/C8H14BrClN4O3S/c1-14-8(7(9)11-13-14)18(15,16)12-6(3-4-10)5-17-2/h6,12H,3-5H2,1-2H3. The highest BCUT2D eigenvalue weighted by molar-refractivity contribution is 9.10. The SMILES string of the molecule is COCC(CCCl)NS(=O)(=O)c1c(Br)nnn1C. The summed E-state index contributed by atoms with van der Waals surface area (Å²) >= 11 is 8.67. The molecule has 0 saturated carbocycles. The minimum Gasteiger partial charge on any atom is -0.383 e. The Kier molecular flexibility index (Phi) is 5.99. The number of aromatic nitrogens is 3. The van der Waals surface area contributed by atoms with Crippen LogP contribution in [-0.4, -0.2) is 49.1 Å². The summed E-state index contributed by atoms with van der Waals surface area (Å²) in [4.78, 5) is 0. The van der Waals surface area contributed by atoms with Crippen LogP contribution in [0, 0.1) is 0 Å². The van der Waals surface area contributed by atoms with Gasteiger partial charge >= 0.3 is 0 Å². The Morgan fingerprint density at radius 1 is 1.61 bits per heavy atom. The molecule has 104 valence electrons. The van der Waals surface area contributed by atoms with E-state index in [4.69, 9.17) is 16.3 Å². The van der Waals surface area contributed by atoms with Gasteiger partial charge in [0.2, 0.25) is 5.03 Å². The monoisotopic (exact) mass is 360 g/mol. The van der Waals surface area contributed by atoms with Crippen molar-refractivity contribution in [1.29, 1.82) is 0 Å². The summed E-state index contributed by atoms with van der Waals surface area (Å²) in [5.74, 6) is 0.335. The summed E-state index contributed by atoms with van der Waals surface area (Å²) in [6, 6.07) is -0.390. The van der Waals surface area contributed by atoms with Crippen LogP contribution >= 0.6 is 27.5 Å². The summed E-state index contributed by atoms with van der Waals surface area (Å²) in [5.41, 5.74) is 0. The minimum atomic E-state index is -3.72. The van der Waals surface area contributed by atoms with Crippen molar-refractivity contribution >= 4 is 37.6 Å². The van der Waals surface area contributed by atoms with E-state index < -0.39 is 10.0 Å². The molecule has 0 aliphatic carbocycles. The van der Waals surface area contributed by atoms with E-state index >= 15 is 0 Å². The first kappa shape index (κ1) is 15.8. The third-order valence-corrected chi connectivity index (χ3v) is 4.76. The van der Waals surface area contributed by atoms with Gasteiger partial charge in [-0.15, -0.1) is 16.7 Å². The summed E-state index contributed by atoms with van der Waals surface area (Å²) in [7, 11) is -0.723. The van der Waals surface area contributed by atoms with Crippen molar-refractivity contribution in [3.05, 3.63) is 4.60 Å². The first-order valence-electron chi connectivity index (χ1n) is 5.04. The van der Waals surface area contributed by atoms with Gasteiger partial charge in [0.25, 0.3) is 10.0 Å². The topological polar surface area (TPSA) is 86.1 Å². The van der Waals surface area contributed by atoms with Crippen molar-refractivity contribution in [2.24, 2.45) is 7.05 Å². The molecule has 10 heteroatoms. The van der Waals surface area contributed by atoms with Gasteiger partial charge in [-0.3, -0.25) is 0 Å². The number of sulfonamides is 1. The zero-order chi connectivity index (χ0) is 13.8. The molecule has 0 radical (unpaired) electrons. The number of halogens is 2. The predicted octanol–water partition coefficient (Wildman–Crippen LogP) is 0.500. The van der Waals surface area contributed by atoms with Crippen molar-refractivity contribution in [1.82, 2.24) is 19.7 Å². The van der Waals surface area contributed by atoms with E-state index in [2.05, 4.69) is 31.0 Å². The Morgan fingerprint density at radius 2 is 2.28 bits per heavy atom. The fourth-order valence-electron chi connectivity index (χ4n) is 1.39. The number of ether oxygens (including phenoxy) is 1. The van der Waals surface area contributed by atoms with Crippen LogP contribution in [0.4, 0.5) is 0 Å².